The molecule has 2 aromatic rings. The van der Waals surface area contributed by atoms with E-state index in [1.165, 1.54) is 12.2 Å². The molecule has 0 saturated heterocycles. The lowest BCUT2D eigenvalue weighted by Gasteiger charge is -2.07. The number of ether oxygens (including phenoxy) is 1. The first-order valence-corrected chi connectivity index (χ1v) is 8.63. The Kier molecular flexibility index (Phi) is 7.08. The molecule has 0 aliphatic carbocycles. The van der Waals surface area contributed by atoms with Crippen LogP contribution >= 0.6 is 45.8 Å². The van der Waals surface area contributed by atoms with E-state index in [0.29, 0.717) is 21.3 Å². The Labute approximate surface area is 162 Å². The number of anilines is 1. The summed E-state index contributed by atoms with van der Waals surface area (Å²) < 4.78 is 5.79. The second-order valence-corrected chi connectivity index (χ2v) is 6.62. The van der Waals surface area contributed by atoms with Gasteiger partial charge in [-0.25, -0.2) is 4.79 Å². The number of halogens is 3. The second kappa shape index (κ2) is 9.05. The molecule has 0 aromatic heterocycles. The minimum absolute atomic E-state index is 0.366. The topological polar surface area (TPSA) is 55.4 Å². The zero-order chi connectivity index (χ0) is 17.5. The van der Waals surface area contributed by atoms with Gasteiger partial charge in [-0.3, -0.25) is 4.79 Å². The van der Waals surface area contributed by atoms with Crippen molar-refractivity contribution in [2.75, 3.05) is 11.9 Å². The van der Waals surface area contributed by atoms with Crippen LogP contribution in [0.2, 0.25) is 10.0 Å². The molecule has 0 radical (unpaired) electrons. The molecular weight excluding hydrogens is 464 g/mol. The molecule has 1 N–H and O–H groups in total. The number of benzene rings is 2. The molecule has 124 valence electrons. The molecule has 24 heavy (non-hydrogen) atoms. The zero-order valence-corrected chi connectivity index (χ0v) is 15.9. The van der Waals surface area contributed by atoms with Crippen molar-refractivity contribution in [3.8, 4) is 0 Å². The lowest BCUT2D eigenvalue weighted by atomic mass is 10.2. The van der Waals surface area contributed by atoms with E-state index in [-0.39, 0.29) is 6.61 Å². The number of carbonyl (C=O) groups excluding carboxylic acids is 2. The Morgan fingerprint density at radius 3 is 2.58 bits per heavy atom. The lowest BCUT2D eigenvalue weighted by molar-refractivity contribution is -0.142. The Balaban J connectivity index is 1.84. The Morgan fingerprint density at radius 2 is 1.88 bits per heavy atom. The van der Waals surface area contributed by atoms with Gasteiger partial charge in [-0.1, -0.05) is 41.4 Å². The number of carbonyl (C=O) groups is 2. The fourth-order valence-corrected chi connectivity index (χ4v) is 2.54. The smallest absolute Gasteiger partial charge is 0.331 e. The molecule has 0 heterocycles. The highest BCUT2D eigenvalue weighted by atomic mass is 127. The number of para-hydroxylation sites is 1. The van der Waals surface area contributed by atoms with Gasteiger partial charge in [-0.15, -0.1) is 0 Å². The summed E-state index contributed by atoms with van der Waals surface area (Å²) in [5, 5.41) is 3.50. The normalized spacial score (nSPS) is 10.6. The van der Waals surface area contributed by atoms with E-state index >= 15 is 0 Å². The van der Waals surface area contributed by atoms with Gasteiger partial charge < -0.3 is 10.1 Å². The molecule has 0 spiro atoms. The summed E-state index contributed by atoms with van der Waals surface area (Å²) in [5.41, 5.74) is 1.37. The summed E-state index contributed by atoms with van der Waals surface area (Å²) in [6.07, 6.45) is 2.75. The van der Waals surface area contributed by atoms with Gasteiger partial charge >= 0.3 is 5.97 Å². The summed E-state index contributed by atoms with van der Waals surface area (Å²) in [5.74, 6) is -1.03. The average Bonchev–Trinajstić information content (AvgIpc) is 2.56. The fraction of sp³-hybridized carbons (Fsp3) is 0.0588. The minimum atomic E-state index is -0.626. The van der Waals surface area contributed by atoms with Crippen LogP contribution in [-0.2, 0) is 14.3 Å². The van der Waals surface area contributed by atoms with Crippen molar-refractivity contribution in [2.45, 2.75) is 0 Å². The van der Waals surface area contributed by atoms with E-state index in [2.05, 4.69) is 27.9 Å². The first-order chi connectivity index (χ1) is 11.5. The van der Waals surface area contributed by atoms with Crippen LogP contribution in [0.15, 0.2) is 48.5 Å². The van der Waals surface area contributed by atoms with Gasteiger partial charge in [0.15, 0.2) is 6.61 Å². The molecule has 0 bridgehead atoms. The predicted octanol–water partition coefficient (Wildman–Crippen LogP) is 4.79. The fourth-order valence-electron chi connectivity index (χ4n) is 1.71. The van der Waals surface area contributed by atoms with Gasteiger partial charge in [0.25, 0.3) is 5.91 Å². The third kappa shape index (κ3) is 5.81. The largest absolute Gasteiger partial charge is 0.452 e. The van der Waals surface area contributed by atoms with Gasteiger partial charge in [-0.2, -0.15) is 0 Å². The van der Waals surface area contributed by atoms with Crippen molar-refractivity contribution in [3.05, 3.63) is 67.7 Å². The Hall–Kier alpha value is -1.57. The van der Waals surface area contributed by atoms with Gasteiger partial charge in [-0.05, 0) is 58.5 Å². The molecule has 2 rings (SSSR count). The standard InChI is InChI=1S/C17H12Cl2INO3/c18-12-7-5-11(9-13(12)19)6-8-17(23)24-10-16(22)21-15-4-2-1-3-14(15)20/h1-9H,10H2,(H,21,22)/b8-6+. The molecule has 7 heteroatoms. The molecule has 0 saturated carbocycles. The summed E-state index contributed by atoms with van der Waals surface area (Å²) in [6.45, 7) is -0.366. The number of esters is 1. The van der Waals surface area contributed by atoms with Crippen molar-refractivity contribution in [1.29, 1.82) is 0 Å². The van der Waals surface area contributed by atoms with E-state index in [1.54, 1.807) is 24.3 Å². The Bertz CT molecular complexity index is 793. The maximum Gasteiger partial charge on any atom is 0.331 e. The van der Waals surface area contributed by atoms with Crippen molar-refractivity contribution < 1.29 is 14.3 Å². The van der Waals surface area contributed by atoms with Crippen molar-refractivity contribution >= 4 is 69.4 Å². The lowest BCUT2D eigenvalue weighted by Crippen LogP contribution is -2.20. The van der Waals surface area contributed by atoms with E-state index in [9.17, 15) is 9.59 Å². The molecule has 4 nitrogen and oxygen atoms in total. The maximum absolute atomic E-state index is 11.8. The summed E-state index contributed by atoms with van der Waals surface area (Å²) in [7, 11) is 0. The van der Waals surface area contributed by atoms with Gasteiger partial charge in [0.05, 0.1) is 15.7 Å². The quantitative estimate of drug-likeness (QED) is 0.384. The molecule has 0 atom stereocenters. The predicted molar refractivity (Wildman–Crippen MR) is 104 cm³/mol. The van der Waals surface area contributed by atoms with Crippen molar-refractivity contribution in [1.82, 2.24) is 0 Å². The van der Waals surface area contributed by atoms with Gasteiger partial charge in [0, 0.05) is 9.65 Å². The van der Waals surface area contributed by atoms with Crippen LogP contribution in [0, 0.1) is 3.57 Å². The molecule has 0 aliphatic rings. The van der Waals surface area contributed by atoms with Crippen LogP contribution in [0.25, 0.3) is 6.08 Å². The highest BCUT2D eigenvalue weighted by molar-refractivity contribution is 14.1. The van der Waals surface area contributed by atoms with Crippen LogP contribution in [-0.4, -0.2) is 18.5 Å². The van der Waals surface area contributed by atoms with E-state index in [4.69, 9.17) is 27.9 Å². The first-order valence-electron chi connectivity index (χ1n) is 6.80. The zero-order valence-electron chi connectivity index (χ0n) is 12.3. The first kappa shape index (κ1) is 18.8. The van der Waals surface area contributed by atoms with Gasteiger partial charge in [0.2, 0.25) is 0 Å². The Morgan fingerprint density at radius 1 is 1.12 bits per heavy atom. The van der Waals surface area contributed by atoms with Gasteiger partial charge in [0.1, 0.15) is 0 Å². The number of rotatable bonds is 5. The highest BCUT2D eigenvalue weighted by Crippen LogP contribution is 2.23. The molecule has 1 amide bonds. The van der Waals surface area contributed by atoms with Crippen molar-refractivity contribution in [2.24, 2.45) is 0 Å². The van der Waals surface area contributed by atoms with E-state index < -0.39 is 11.9 Å². The van der Waals surface area contributed by atoms with Crippen LogP contribution in [0.5, 0.6) is 0 Å². The minimum Gasteiger partial charge on any atom is -0.452 e. The average molecular weight is 476 g/mol. The summed E-state index contributed by atoms with van der Waals surface area (Å²) in [4.78, 5) is 23.4. The second-order valence-electron chi connectivity index (χ2n) is 4.64. The third-order valence-electron chi connectivity index (χ3n) is 2.85. The highest BCUT2D eigenvalue weighted by Gasteiger charge is 2.07. The van der Waals surface area contributed by atoms with E-state index in [0.717, 1.165) is 3.57 Å². The monoisotopic (exact) mass is 475 g/mol. The summed E-state index contributed by atoms with van der Waals surface area (Å²) in [6, 6.07) is 12.3. The molecular formula is C17H12Cl2INO3. The van der Waals surface area contributed by atoms with Crippen LogP contribution < -0.4 is 5.32 Å². The van der Waals surface area contributed by atoms with Crippen LogP contribution in [0.3, 0.4) is 0 Å². The molecule has 0 fully saturated rings. The number of amides is 1. The maximum atomic E-state index is 11.8. The number of nitrogens with one attached hydrogen (secondary N) is 1. The number of hydrogen-bond donors (Lipinski definition) is 1. The van der Waals surface area contributed by atoms with E-state index in [1.807, 2.05) is 18.2 Å². The van der Waals surface area contributed by atoms with Crippen LogP contribution in [0.1, 0.15) is 5.56 Å². The molecule has 2 aromatic carbocycles. The molecule has 0 unspecified atom stereocenters. The van der Waals surface area contributed by atoms with Crippen molar-refractivity contribution in [3.63, 3.8) is 0 Å². The summed E-state index contributed by atoms with van der Waals surface area (Å²) >= 11 is 13.8. The molecule has 0 aliphatic heterocycles. The van der Waals surface area contributed by atoms with Crippen LogP contribution in [0.4, 0.5) is 5.69 Å². The third-order valence-corrected chi connectivity index (χ3v) is 4.53. The number of hydrogen-bond acceptors (Lipinski definition) is 3. The SMILES string of the molecule is O=C(COC(=O)/C=C/c1ccc(Cl)c(Cl)c1)Nc1ccccc1I.